The predicted octanol–water partition coefficient (Wildman–Crippen LogP) is 1.19. The van der Waals surface area contributed by atoms with E-state index in [0.29, 0.717) is 0 Å². The Hall–Kier alpha value is -2.72. The molecule has 4 nitrogen and oxygen atoms in total. The number of pyridine rings is 1. The van der Waals surface area contributed by atoms with Crippen LogP contribution in [0.3, 0.4) is 0 Å². The van der Waals surface area contributed by atoms with Gasteiger partial charge in [0.05, 0.1) is 26.2 Å². The maximum atomic E-state index is 13.0. The van der Waals surface area contributed by atoms with E-state index in [-0.39, 0.29) is 5.91 Å². The molecular formula is C21H23N3O+2. The molecule has 3 aromatic rings. The van der Waals surface area contributed by atoms with Crippen molar-refractivity contribution in [2.75, 3.05) is 26.2 Å². The molecule has 2 aromatic carbocycles. The fourth-order valence-electron chi connectivity index (χ4n) is 3.59. The molecular weight excluding hydrogens is 310 g/mol. The van der Waals surface area contributed by atoms with E-state index >= 15 is 0 Å². The zero-order chi connectivity index (χ0) is 17.1. The largest absolute Gasteiger partial charge is 0.327 e. The number of carbonyl (C=O) groups is 1. The summed E-state index contributed by atoms with van der Waals surface area (Å²) in [6.07, 6.45) is 1.97. The Morgan fingerprint density at radius 1 is 0.960 bits per heavy atom. The lowest BCUT2D eigenvalue weighted by molar-refractivity contribution is -0.921. The van der Waals surface area contributed by atoms with E-state index in [2.05, 4.69) is 29.2 Å². The number of aromatic nitrogens is 1. The Morgan fingerprint density at radius 2 is 1.72 bits per heavy atom. The van der Waals surface area contributed by atoms with Crippen molar-refractivity contribution in [1.82, 2.24) is 4.90 Å². The number of quaternary nitrogens is 1. The third kappa shape index (κ3) is 3.39. The highest BCUT2D eigenvalue weighted by atomic mass is 16.2. The Morgan fingerprint density at radius 3 is 2.52 bits per heavy atom. The lowest BCUT2D eigenvalue weighted by atomic mass is 10.0. The average molecular weight is 333 g/mol. The minimum atomic E-state index is 0.155. The SMILES string of the molecule is O=C(c1cccc2ccccc12)N1CC[NH+](Cc2cccc[nH+]2)CC1. The van der Waals surface area contributed by atoms with Crippen LogP contribution in [0.25, 0.3) is 10.8 Å². The van der Waals surface area contributed by atoms with Crippen LogP contribution >= 0.6 is 0 Å². The molecule has 0 aliphatic carbocycles. The van der Waals surface area contributed by atoms with Crippen LogP contribution < -0.4 is 9.88 Å². The van der Waals surface area contributed by atoms with Gasteiger partial charge < -0.3 is 9.80 Å². The number of H-pyrrole nitrogens is 1. The first-order valence-electron chi connectivity index (χ1n) is 8.87. The van der Waals surface area contributed by atoms with Gasteiger partial charge >= 0.3 is 0 Å². The highest BCUT2D eigenvalue weighted by Crippen LogP contribution is 2.20. The van der Waals surface area contributed by atoms with Gasteiger partial charge in [-0.05, 0) is 22.9 Å². The Balaban J connectivity index is 1.44. The molecule has 4 heteroatoms. The second-order valence-electron chi connectivity index (χ2n) is 6.63. The van der Waals surface area contributed by atoms with Gasteiger partial charge in [-0.2, -0.15) is 0 Å². The molecule has 25 heavy (non-hydrogen) atoms. The molecule has 4 rings (SSSR count). The fourth-order valence-corrected chi connectivity index (χ4v) is 3.59. The van der Waals surface area contributed by atoms with Gasteiger partial charge in [0, 0.05) is 17.7 Å². The monoisotopic (exact) mass is 333 g/mol. The van der Waals surface area contributed by atoms with Crippen molar-refractivity contribution >= 4 is 16.7 Å². The van der Waals surface area contributed by atoms with Crippen molar-refractivity contribution in [3.05, 3.63) is 78.1 Å². The molecule has 1 saturated heterocycles. The molecule has 2 heterocycles. The zero-order valence-corrected chi connectivity index (χ0v) is 14.2. The van der Waals surface area contributed by atoms with Crippen LogP contribution in [0.5, 0.6) is 0 Å². The minimum absolute atomic E-state index is 0.155. The molecule has 2 N–H and O–H groups in total. The number of carbonyl (C=O) groups excluding carboxylic acids is 1. The topological polar surface area (TPSA) is 38.9 Å². The van der Waals surface area contributed by atoms with E-state index < -0.39 is 0 Å². The summed E-state index contributed by atoms with van der Waals surface area (Å²) < 4.78 is 0. The van der Waals surface area contributed by atoms with Crippen LogP contribution in [0.1, 0.15) is 16.1 Å². The third-order valence-corrected chi connectivity index (χ3v) is 4.99. The standard InChI is InChI=1S/C21H21N3O/c25-21(20-10-5-7-17-6-1-2-9-19(17)20)24-14-12-23(13-15-24)16-18-8-3-4-11-22-18/h1-11H,12-16H2/p+2. The fraction of sp³-hybridized carbons (Fsp3) is 0.238. The van der Waals surface area contributed by atoms with Crippen molar-refractivity contribution < 1.29 is 14.7 Å². The van der Waals surface area contributed by atoms with E-state index in [0.717, 1.165) is 49.1 Å². The quantitative estimate of drug-likeness (QED) is 0.768. The summed E-state index contributed by atoms with van der Waals surface area (Å²) in [7, 11) is 0. The molecule has 0 radical (unpaired) electrons. The average Bonchev–Trinajstić information content (AvgIpc) is 2.68. The normalized spacial score (nSPS) is 15.4. The summed E-state index contributed by atoms with van der Waals surface area (Å²) in [6, 6.07) is 20.3. The first-order chi connectivity index (χ1) is 12.3. The summed E-state index contributed by atoms with van der Waals surface area (Å²) in [5.41, 5.74) is 2.06. The molecule has 1 fully saturated rings. The smallest absolute Gasteiger partial charge is 0.254 e. The van der Waals surface area contributed by atoms with Crippen LogP contribution in [-0.4, -0.2) is 37.0 Å². The van der Waals surface area contributed by atoms with Crippen molar-refractivity contribution in [2.24, 2.45) is 0 Å². The first-order valence-corrected chi connectivity index (χ1v) is 8.87. The van der Waals surface area contributed by atoms with Gasteiger partial charge in [0.25, 0.3) is 5.91 Å². The van der Waals surface area contributed by atoms with E-state index in [9.17, 15) is 4.79 Å². The Labute approximate surface area is 147 Å². The number of hydrogen-bond acceptors (Lipinski definition) is 1. The Bertz CT molecular complexity index is 865. The van der Waals surface area contributed by atoms with Gasteiger partial charge in [-0.15, -0.1) is 0 Å². The van der Waals surface area contributed by atoms with E-state index in [1.807, 2.05) is 47.5 Å². The number of hydrogen-bond donors (Lipinski definition) is 1. The lowest BCUT2D eigenvalue weighted by Gasteiger charge is -2.31. The van der Waals surface area contributed by atoms with Crippen molar-refractivity contribution in [3.63, 3.8) is 0 Å². The summed E-state index contributed by atoms with van der Waals surface area (Å²) in [4.78, 5) is 19.8. The van der Waals surface area contributed by atoms with Gasteiger partial charge in [-0.3, -0.25) is 4.79 Å². The van der Waals surface area contributed by atoms with Gasteiger partial charge in [0.15, 0.2) is 12.7 Å². The summed E-state index contributed by atoms with van der Waals surface area (Å²) in [5.74, 6) is 0.155. The second kappa shape index (κ2) is 7.03. The van der Waals surface area contributed by atoms with Crippen LogP contribution in [0, 0.1) is 0 Å². The van der Waals surface area contributed by atoms with Crippen molar-refractivity contribution in [2.45, 2.75) is 6.54 Å². The molecule has 1 aromatic heterocycles. The molecule has 1 amide bonds. The number of nitrogens with one attached hydrogen (secondary N) is 2. The number of amides is 1. The maximum absolute atomic E-state index is 13.0. The molecule has 0 saturated carbocycles. The van der Waals surface area contributed by atoms with E-state index in [4.69, 9.17) is 0 Å². The number of aromatic amines is 1. The molecule has 0 atom stereocenters. The minimum Gasteiger partial charge on any atom is -0.327 e. The van der Waals surface area contributed by atoms with Gasteiger partial charge in [0.2, 0.25) is 5.69 Å². The molecule has 0 bridgehead atoms. The van der Waals surface area contributed by atoms with Crippen LogP contribution in [0.2, 0.25) is 0 Å². The van der Waals surface area contributed by atoms with Crippen molar-refractivity contribution in [3.8, 4) is 0 Å². The maximum Gasteiger partial charge on any atom is 0.254 e. The second-order valence-corrected chi connectivity index (χ2v) is 6.63. The number of fused-ring (bicyclic) bond motifs is 1. The zero-order valence-electron chi connectivity index (χ0n) is 14.2. The third-order valence-electron chi connectivity index (χ3n) is 4.99. The van der Waals surface area contributed by atoms with Crippen LogP contribution in [-0.2, 0) is 6.54 Å². The van der Waals surface area contributed by atoms with Crippen LogP contribution in [0.4, 0.5) is 0 Å². The molecule has 0 unspecified atom stereocenters. The molecule has 0 spiro atoms. The van der Waals surface area contributed by atoms with Gasteiger partial charge in [0.1, 0.15) is 0 Å². The number of piperazine rings is 1. The van der Waals surface area contributed by atoms with Crippen LogP contribution in [0.15, 0.2) is 66.9 Å². The molecule has 126 valence electrons. The van der Waals surface area contributed by atoms with E-state index in [1.165, 1.54) is 10.6 Å². The predicted molar refractivity (Wildman–Crippen MR) is 97.2 cm³/mol. The number of benzene rings is 2. The number of rotatable bonds is 3. The summed E-state index contributed by atoms with van der Waals surface area (Å²) in [5, 5.41) is 2.17. The summed E-state index contributed by atoms with van der Waals surface area (Å²) in [6.45, 7) is 4.57. The van der Waals surface area contributed by atoms with Gasteiger partial charge in [-0.1, -0.05) is 36.4 Å². The van der Waals surface area contributed by atoms with Gasteiger partial charge in [-0.25, -0.2) is 4.98 Å². The highest BCUT2D eigenvalue weighted by molar-refractivity contribution is 6.07. The first kappa shape index (κ1) is 15.8. The summed E-state index contributed by atoms with van der Waals surface area (Å²) >= 11 is 0. The van der Waals surface area contributed by atoms with Crippen molar-refractivity contribution in [1.29, 1.82) is 0 Å². The molecule has 1 aliphatic heterocycles. The van der Waals surface area contributed by atoms with E-state index in [1.54, 1.807) is 0 Å². The lowest BCUT2D eigenvalue weighted by Crippen LogP contribution is -3.13. The highest BCUT2D eigenvalue weighted by Gasteiger charge is 2.26. The molecule has 1 aliphatic rings. The number of nitrogens with zero attached hydrogens (tertiary/aromatic N) is 1. The Kier molecular flexibility index (Phi) is 4.44.